The Hall–Kier alpha value is -1.11. The zero-order valence-corrected chi connectivity index (χ0v) is 7.47. The Morgan fingerprint density at radius 1 is 1.50 bits per heavy atom. The molecule has 1 aromatic rings. The van der Waals surface area contributed by atoms with Crippen LogP contribution in [-0.2, 0) is 0 Å². The van der Waals surface area contributed by atoms with E-state index in [2.05, 4.69) is 6.92 Å². The molecule has 0 unspecified atom stereocenters. The summed E-state index contributed by atoms with van der Waals surface area (Å²) in [5, 5.41) is 0. The summed E-state index contributed by atoms with van der Waals surface area (Å²) in [6, 6.07) is 6.63. The van der Waals surface area contributed by atoms with Gasteiger partial charge in [0, 0.05) is 0 Å². The first kappa shape index (κ1) is 8.98. The summed E-state index contributed by atoms with van der Waals surface area (Å²) in [5.74, 6) is -0.173. The fourth-order valence-corrected chi connectivity index (χ4v) is 0.983. The van der Waals surface area contributed by atoms with Crippen molar-refractivity contribution in [1.29, 1.82) is 0 Å². The Morgan fingerprint density at radius 2 is 2.25 bits per heavy atom. The second-order valence-corrected chi connectivity index (χ2v) is 2.90. The van der Waals surface area contributed by atoms with Crippen LogP contribution in [0.25, 0.3) is 6.08 Å². The highest BCUT2D eigenvalue weighted by Gasteiger charge is 1.91. The van der Waals surface area contributed by atoms with Crippen LogP contribution in [0.3, 0.4) is 0 Å². The first-order valence-corrected chi connectivity index (χ1v) is 4.15. The Labute approximate surface area is 72.7 Å². The van der Waals surface area contributed by atoms with E-state index < -0.39 is 0 Å². The van der Waals surface area contributed by atoms with Crippen molar-refractivity contribution in [2.24, 2.45) is 0 Å². The SMILES string of the molecule is CC/C(C)=C\c1cccc(F)c1. The number of benzene rings is 1. The van der Waals surface area contributed by atoms with Crippen molar-refractivity contribution in [3.8, 4) is 0 Å². The van der Waals surface area contributed by atoms with Crippen LogP contribution in [0.15, 0.2) is 29.8 Å². The molecule has 1 heteroatoms. The van der Waals surface area contributed by atoms with E-state index in [0.717, 1.165) is 12.0 Å². The normalized spacial score (nSPS) is 11.8. The van der Waals surface area contributed by atoms with Gasteiger partial charge in [-0.3, -0.25) is 0 Å². The van der Waals surface area contributed by atoms with E-state index in [1.807, 2.05) is 19.1 Å². The predicted molar refractivity (Wildman–Crippen MR) is 50.3 cm³/mol. The lowest BCUT2D eigenvalue weighted by molar-refractivity contribution is 0.627. The first-order valence-electron chi connectivity index (χ1n) is 4.15. The van der Waals surface area contributed by atoms with Crippen molar-refractivity contribution in [1.82, 2.24) is 0 Å². The molecule has 0 atom stereocenters. The second kappa shape index (κ2) is 4.05. The summed E-state index contributed by atoms with van der Waals surface area (Å²) in [5.41, 5.74) is 2.20. The predicted octanol–water partition coefficient (Wildman–Crippen LogP) is 3.64. The van der Waals surface area contributed by atoms with E-state index >= 15 is 0 Å². The maximum absolute atomic E-state index is 12.7. The van der Waals surface area contributed by atoms with Crippen molar-refractivity contribution < 1.29 is 4.39 Å². The lowest BCUT2D eigenvalue weighted by Gasteiger charge is -1.96. The van der Waals surface area contributed by atoms with E-state index in [1.54, 1.807) is 12.1 Å². The molecule has 0 amide bonds. The Kier molecular flexibility index (Phi) is 3.03. The monoisotopic (exact) mass is 164 g/mol. The minimum Gasteiger partial charge on any atom is -0.207 e. The molecule has 0 N–H and O–H groups in total. The highest BCUT2D eigenvalue weighted by molar-refractivity contribution is 5.52. The van der Waals surface area contributed by atoms with Crippen molar-refractivity contribution in [2.75, 3.05) is 0 Å². The quantitative estimate of drug-likeness (QED) is 0.626. The van der Waals surface area contributed by atoms with Crippen LogP contribution < -0.4 is 0 Å². The standard InChI is InChI=1S/C11H13F/c1-3-9(2)7-10-5-4-6-11(12)8-10/h4-8H,3H2,1-2H3/b9-7-. The van der Waals surface area contributed by atoms with Crippen LogP contribution in [0.4, 0.5) is 4.39 Å². The van der Waals surface area contributed by atoms with Gasteiger partial charge < -0.3 is 0 Å². The van der Waals surface area contributed by atoms with Gasteiger partial charge in [-0.25, -0.2) is 4.39 Å². The van der Waals surface area contributed by atoms with Gasteiger partial charge >= 0.3 is 0 Å². The molecule has 0 heterocycles. The van der Waals surface area contributed by atoms with Gasteiger partial charge in [0.1, 0.15) is 5.82 Å². The van der Waals surface area contributed by atoms with Gasteiger partial charge in [-0.15, -0.1) is 0 Å². The Morgan fingerprint density at radius 3 is 2.83 bits per heavy atom. The molecule has 0 saturated carbocycles. The largest absolute Gasteiger partial charge is 0.207 e. The molecule has 0 aliphatic heterocycles. The molecule has 0 radical (unpaired) electrons. The van der Waals surface area contributed by atoms with Crippen LogP contribution in [0.1, 0.15) is 25.8 Å². The van der Waals surface area contributed by atoms with Gasteiger partial charge in [0.25, 0.3) is 0 Å². The maximum Gasteiger partial charge on any atom is 0.123 e. The summed E-state index contributed by atoms with van der Waals surface area (Å²) >= 11 is 0. The van der Waals surface area contributed by atoms with E-state index in [-0.39, 0.29) is 5.82 Å². The van der Waals surface area contributed by atoms with Crippen LogP contribution in [-0.4, -0.2) is 0 Å². The molecule has 0 fully saturated rings. The number of hydrogen-bond acceptors (Lipinski definition) is 0. The van der Waals surface area contributed by atoms with Gasteiger partial charge in [0.05, 0.1) is 0 Å². The molecule has 12 heavy (non-hydrogen) atoms. The van der Waals surface area contributed by atoms with Gasteiger partial charge in [0.15, 0.2) is 0 Å². The molecular formula is C11H13F. The molecule has 0 aromatic heterocycles. The molecular weight excluding hydrogens is 151 g/mol. The minimum atomic E-state index is -0.173. The van der Waals surface area contributed by atoms with Gasteiger partial charge in [-0.2, -0.15) is 0 Å². The van der Waals surface area contributed by atoms with Crippen LogP contribution in [0, 0.1) is 5.82 Å². The summed E-state index contributed by atoms with van der Waals surface area (Å²) in [7, 11) is 0. The van der Waals surface area contributed by atoms with Crippen LogP contribution in [0.5, 0.6) is 0 Å². The zero-order chi connectivity index (χ0) is 8.97. The minimum absolute atomic E-state index is 0.173. The maximum atomic E-state index is 12.7. The van der Waals surface area contributed by atoms with E-state index in [4.69, 9.17) is 0 Å². The fourth-order valence-electron chi connectivity index (χ4n) is 0.983. The molecule has 0 aliphatic carbocycles. The molecule has 1 aromatic carbocycles. The first-order chi connectivity index (χ1) is 5.72. The Balaban J connectivity index is 2.89. The zero-order valence-electron chi connectivity index (χ0n) is 7.47. The van der Waals surface area contributed by atoms with Gasteiger partial charge in [0.2, 0.25) is 0 Å². The molecule has 0 saturated heterocycles. The van der Waals surface area contributed by atoms with Crippen molar-refractivity contribution in [3.63, 3.8) is 0 Å². The van der Waals surface area contributed by atoms with E-state index in [1.165, 1.54) is 11.6 Å². The lowest BCUT2D eigenvalue weighted by Crippen LogP contribution is -1.77. The summed E-state index contributed by atoms with van der Waals surface area (Å²) < 4.78 is 12.7. The van der Waals surface area contributed by atoms with Crippen molar-refractivity contribution in [2.45, 2.75) is 20.3 Å². The second-order valence-electron chi connectivity index (χ2n) is 2.90. The van der Waals surface area contributed by atoms with E-state index in [9.17, 15) is 4.39 Å². The van der Waals surface area contributed by atoms with Crippen LogP contribution >= 0.6 is 0 Å². The van der Waals surface area contributed by atoms with E-state index in [0.29, 0.717) is 0 Å². The summed E-state index contributed by atoms with van der Waals surface area (Å²) in [6.07, 6.45) is 3.01. The average Bonchev–Trinajstić information content (AvgIpc) is 2.04. The topological polar surface area (TPSA) is 0 Å². The number of allylic oxidation sites excluding steroid dienone is 1. The Bertz CT molecular complexity index is 287. The third kappa shape index (κ3) is 2.50. The molecule has 0 spiro atoms. The fraction of sp³-hybridized carbons (Fsp3) is 0.273. The van der Waals surface area contributed by atoms with Gasteiger partial charge in [-0.05, 0) is 31.0 Å². The third-order valence-corrected chi connectivity index (χ3v) is 1.82. The lowest BCUT2D eigenvalue weighted by atomic mass is 10.1. The number of hydrogen-bond donors (Lipinski definition) is 0. The van der Waals surface area contributed by atoms with Crippen LogP contribution in [0.2, 0.25) is 0 Å². The summed E-state index contributed by atoms with van der Waals surface area (Å²) in [6.45, 7) is 4.13. The highest BCUT2D eigenvalue weighted by Crippen LogP contribution is 2.10. The summed E-state index contributed by atoms with van der Waals surface area (Å²) in [4.78, 5) is 0. The highest BCUT2D eigenvalue weighted by atomic mass is 19.1. The third-order valence-electron chi connectivity index (χ3n) is 1.82. The van der Waals surface area contributed by atoms with Gasteiger partial charge in [-0.1, -0.05) is 30.7 Å². The average molecular weight is 164 g/mol. The number of halogens is 1. The van der Waals surface area contributed by atoms with Crippen molar-refractivity contribution >= 4 is 6.08 Å². The molecule has 1 rings (SSSR count). The molecule has 0 bridgehead atoms. The van der Waals surface area contributed by atoms with Crippen molar-refractivity contribution in [3.05, 3.63) is 41.2 Å². The molecule has 64 valence electrons. The number of rotatable bonds is 2. The molecule has 0 aliphatic rings. The smallest absolute Gasteiger partial charge is 0.123 e. The molecule has 0 nitrogen and oxygen atoms in total.